The Kier molecular flexibility index (Phi) is 11.5. The summed E-state index contributed by atoms with van der Waals surface area (Å²) in [4.78, 5) is 4.89. The summed E-state index contributed by atoms with van der Waals surface area (Å²) in [6.07, 6.45) is 0. The SMILES string of the molecule is c1ccc(-c2ccc(N(c3ccc(-c4ccccc4)cc3)c3cc(-c4cc5ccccc5c5ccccc45)cc(N(c4cccc(-c5ccccc5)c4)c4ccc5c6ccccc6n(-c6ccccc6)c5c4)c3)cc2)cc1. The van der Waals surface area contributed by atoms with Crippen molar-refractivity contribution in [2.75, 3.05) is 9.80 Å². The Bertz CT molecular complexity index is 4330. The highest BCUT2D eigenvalue weighted by Gasteiger charge is 2.23. The Morgan fingerprint density at radius 3 is 1.26 bits per heavy atom. The van der Waals surface area contributed by atoms with Gasteiger partial charge >= 0.3 is 0 Å². The highest BCUT2D eigenvalue weighted by atomic mass is 15.2. The van der Waals surface area contributed by atoms with Gasteiger partial charge < -0.3 is 14.4 Å². The second-order valence-electron chi connectivity index (χ2n) is 19.7. The quantitative estimate of drug-likeness (QED) is 0.120. The Morgan fingerprint density at radius 2 is 0.636 bits per heavy atom. The van der Waals surface area contributed by atoms with E-state index in [9.17, 15) is 0 Å². The standard InChI is InChI=1S/C74H51N3/c1-5-20-52(21-6-1)55-36-40-61(41-37-55)75(62-42-38-56(39-43-62)53-22-7-2-8-23-53)65-47-59(72-49-58-26-13-14-31-67(58)68-32-15-16-33-69(68)72)48-66(50-65)76(63-30-19-27-57(46-63)54-24-9-3-10-25-54)64-44-45-71-70-34-17-18-35-73(70)77(74(71)51-64)60-28-11-4-12-29-60/h1-51H. The van der Waals surface area contributed by atoms with Crippen LogP contribution in [0.15, 0.2) is 309 Å². The zero-order valence-corrected chi connectivity index (χ0v) is 42.3. The summed E-state index contributed by atoms with van der Waals surface area (Å²) in [5.74, 6) is 0. The molecule has 0 N–H and O–H groups in total. The van der Waals surface area contributed by atoms with Crippen LogP contribution in [0.5, 0.6) is 0 Å². The maximum atomic E-state index is 2.46. The van der Waals surface area contributed by atoms with Gasteiger partial charge in [-0.3, -0.25) is 0 Å². The third-order valence-corrected chi connectivity index (χ3v) is 15.1. The van der Waals surface area contributed by atoms with Crippen molar-refractivity contribution in [1.29, 1.82) is 0 Å². The van der Waals surface area contributed by atoms with E-state index in [4.69, 9.17) is 0 Å². The van der Waals surface area contributed by atoms with Gasteiger partial charge in [0.15, 0.2) is 0 Å². The molecule has 0 aliphatic carbocycles. The second-order valence-corrected chi connectivity index (χ2v) is 19.7. The molecule has 14 aromatic rings. The average Bonchev–Trinajstić information content (AvgIpc) is 3.89. The predicted octanol–water partition coefficient (Wildman–Crippen LogP) is 20.7. The fourth-order valence-corrected chi connectivity index (χ4v) is 11.5. The molecule has 0 amide bonds. The van der Waals surface area contributed by atoms with Crippen molar-refractivity contribution < 1.29 is 0 Å². The van der Waals surface area contributed by atoms with Crippen molar-refractivity contribution >= 4 is 77.5 Å². The number of benzene rings is 13. The zero-order valence-electron chi connectivity index (χ0n) is 42.3. The third-order valence-electron chi connectivity index (χ3n) is 15.1. The van der Waals surface area contributed by atoms with Gasteiger partial charge in [0.2, 0.25) is 0 Å². The van der Waals surface area contributed by atoms with Gasteiger partial charge in [0.1, 0.15) is 0 Å². The largest absolute Gasteiger partial charge is 0.310 e. The number of nitrogens with zero attached hydrogens (tertiary/aromatic N) is 3. The molecule has 14 rings (SSSR count). The summed E-state index contributed by atoms with van der Waals surface area (Å²) in [6, 6.07) is 113. The van der Waals surface area contributed by atoms with Crippen LogP contribution in [0.3, 0.4) is 0 Å². The van der Waals surface area contributed by atoms with E-state index < -0.39 is 0 Å². The van der Waals surface area contributed by atoms with Crippen LogP contribution in [0.25, 0.3) is 93.5 Å². The molecular formula is C74H51N3. The lowest BCUT2D eigenvalue weighted by molar-refractivity contribution is 1.18. The van der Waals surface area contributed by atoms with E-state index in [1.165, 1.54) is 65.7 Å². The topological polar surface area (TPSA) is 11.4 Å². The van der Waals surface area contributed by atoms with Crippen molar-refractivity contribution in [2.24, 2.45) is 0 Å². The Balaban J connectivity index is 1.06. The van der Waals surface area contributed by atoms with E-state index in [-0.39, 0.29) is 0 Å². The van der Waals surface area contributed by atoms with Crippen LogP contribution < -0.4 is 9.80 Å². The van der Waals surface area contributed by atoms with E-state index in [1.54, 1.807) is 0 Å². The van der Waals surface area contributed by atoms with Crippen molar-refractivity contribution in [3.63, 3.8) is 0 Å². The molecule has 0 radical (unpaired) electrons. The van der Waals surface area contributed by atoms with Gasteiger partial charge in [-0.1, -0.05) is 218 Å². The Labute approximate surface area is 449 Å². The Morgan fingerprint density at radius 1 is 0.208 bits per heavy atom. The molecule has 0 saturated carbocycles. The van der Waals surface area contributed by atoms with Crippen LogP contribution in [-0.2, 0) is 0 Å². The van der Waals surface area contributed by atoms with Crippen molar-refractivity contribution in [1.82, 2.24) is 4.57 Å². The first-order valence-corrected chi connectivity index (χ1v) is 26.4. The first kappa shape index (κ1) is 45.4. The van der Waals surface area contributed by atoms with Gasteiger partial charge in [0, 0.05) is 50.6 Å². The lowest BCUT2D eigenvalue weighted by Crippen LogP contribution is -2.14. The molecule has 362 valence electrons. The molecule has 0 aliphatic rings. The van der Waals surface area contributed by atoms with Gasteiger partial charge in [0.05, 0.1) is 11.0 Å². The molecule has 0 atom stereocenters. The van der Waals surface area contributed by atoms with Gasteiger partial charge in [-0.2, -0.15) is 0 Å². The van der Waals surface area contributed by atoms with Gasteiger partial charge in [-0.25, -0.2) is 0 Å². The van der Waals surface area contributed by atoms with Crippen LogP contribution in [0.4, 0.5) is 34.1 Å². The summed E-state index contributed by atoms with van der Waals surface area (Å²) in [5, 5.41) is 7.28. The predicted molar refractivity (Wildman–Crippen MR) is 327 cm³/mol. The number of aromatic nitrogens is 1. The maximum absolute atomic E-state index is 2.46. The van der Waals surface area contributed by atoms with E-state index >= 15 is 0 Å². The fourth-order valence-electron chi connectivity index (χ4n) is 11.5. The lowest BCUT2D eigenvalue weighted by Gasteiger charge is -2.31. The second kappa shape index (κ2) is 19.6. The molecule has 3 heteroatoms. The average molecular weight is 982 g/mol. The van der Waals surface area contributed by atoms with Crippen molar-refractivity contribution in [3.05, 3.63) is 309 Å². The van der Waals surface area contributed by atoms with Gasteiger partial charge in [-0.05, 0) is 157 Å². The van der Waals surface area contributed by atoms with E-state index in [2.05, 4.69) is 324 Å². The van der Waals surface area contributed by atoms with Crippen LogP contribution >= 0.6 is 0 Å². The highest BCUT2D eigenvalue weighted by Crippen LogP contribution is 2.47. The lowest BCUT2D eigenvalue weighted by atomic mass is 9.92. The zero-order chi connectivity index (χ0) is 51.1. The molecule has 1 aromatic heterocycles. The van der Waals surface area contributed by atoms with Crippen LogP contribution in [0.2, 0.25) is 0 Å². The monoisotopic (exact) mass is 981 g/mol. The first-order chi connectivity index (χ1) is 38.2. The summed E-state index contributed by atoms with van der Waals surface area (Å²) in [5.41, 5.74) is 18.9. The molecule has 0 unspecified atom stereocenters. The third kappa shape index (κ3) is 8.47. The molecule has 0 aliphatic heterocycles. The fraction of sp³-hybridized carbons (Fsp3) is 0. The number of anilines is 6. The first-order valence-electron chi connectivity index (χ1n) is 26.4. The molecule has 77 heavy (non-hydrogen) atoms. The number of fused-ring (bicyclic) bond motifs is 6. The van der Waals surface area contributed by atoms with Crippen molar-refractivity contribution in [2.45, 2.75) is 0 Å². The van der Waals surface area contributed by atoms with Crippen LogP contribution in [0.1, 0.15) is 0 Å². The summed E-state index contributed by atoms with van der Waals surface area (Å²) in [7, 11) is 0. The number of hydrogen-bond donors (Lipinski definition) is 0. The van der Waals surface area contributed by atoms with E-state index in [1.807, 2.05) is 0 Å². The minimum atomic E-state index is 1.02. The number of hydrogen-bond acceptors (Lipinski definition) is 2. The molecule has 13 aromatic carbocycles. The summed E-state index contributed by atoms with van der Waals surface area (Å²) in [6.45, 7) is 0. The van der Waals surface area contributed by atoms with Crippen LogP contribution in [0, 0.1) is 0 Å². The maximum Gasteiger partial charge on any atom is 0.0561 e. The highest BCUT2D eigenvalue weighted by molar-refractivity contribution is 6.14. The smallest absolute Gasteiger partial charge is 0.0561 e. The van der Waals surface area contributed by atoms with E-state index in [0.29, 0.717) is 0 Å². The van der Waals surface area contributed by atoms with E-state index in [0.717, 1.165) is 62.0 Å². The summed E-state index contributed by atoms with van der Waals surface area (Å²) < 4.78 is 2.41. The molecule has 0 spiro atoms. The van der Waals surface area contributed by atoms with Gasteiger partial charge in [-0.15, -0.1) is 0 Å². The number of rotatable bonds is 11. The normalized spacial score (nSPS) is 11.4. The minimum Gasteiger partial charge on any atom is -0.310 e. The molecule has 0 saturated heterocycles. The number of para-hydroxylation sites is 2. The summed E-state index contributed by atoms with van der Waals surface area (Å²) >= 11 is 0. The van der Waals surface area contributed by atoms with Crippen molar-refractivity contribution in [3.8, 4) is 50.2 Å². The molecule has 0 fully saturated rings. The molecule has 1 heterocycles. The van der Waals surface area contributed by atoms with Gasteiger partial charge in [0.25, 0.3) is 0 Å². The van der Waals surface area contributed by atoms with Crippen LogP contribution in [-0.4, -0.2) is 4.57 Å². The minimum absolute atomic E-state index is 1.02. The molecule has 3 nitrogen and oxygen atoms in total. The Hall–Kier alpha value is -10.2. The molecular weight excluding hydrogens is 931 g/mol. The molecule has 0 bridgehead atoms.